The molecule has 2 aliphatic rings. The van der Waals surface area contributed by atoms with Gasteiger partial charge in [-0.25, -0.2) is 0 Å². The van der Waals surface area contributed by atoms with Gasteiger partial charge in [-0.05, 0) is 43.0 Å². The zero-order valence-corrected chi connectivity index (χ0v) is 16.5. The van der Waals surface area contributed by atoms with E-state index in [1.807, 2.05) is 35.2 Å². The lowest BCUT2D eigenvalue weighted by Gasteiger charge is -2.39. The lowest BCUT2D eigenvalue weighted by atomic mass is 10.0. The molecule has 0 saturated carbocycles. The van der Waals surface area contributed by atoms with Crippen molar-refractivity contribution in [2.75, 3.05) is 38.2 Å². The van der Waals surface area contributed by atoms with Crippen LogP contribution in [0.1, 0.15) is 24.8 Å². The van der Waals surface area contributed by atoms with Gasteiger partial charge in [-0.3, -0.25) is 9.69 Å². The van der Waals surface area contributed by atoms with Crippen LogP contribution in [0.15, 0.2) is 48.5 Å². The SMILES string of the molecule is COc1ccccc1OC1CN(CCc2ccccc2N2CCCCC2=O)C1. The lowest BCUT2D eigenvalue weighted by molar-refractivity contribution is -0.119. The number of amides is 1. The Labute approximate surface area is 166 Å². The number of benzene rings is 2. The molecule has 1 amide bonds. The van der Waals surface area contributed by atoms with Gasteiger partial charge in [0.2, 0.25) is 5.91 Å². The molecular weight excluding hydrogens is 352 g/mol. The molecule has 2 fully saturated rings. The summed E-state index contributed by atoms with van der Waals surface area (Å²) in [7, 11) is 1.67. The van der Waals surface area contributed by atoms with E-state index >= 15 is 0 Å². The molecule has 4 rings (SSSR count). The second kappa shape index (κ2) is 8.65. The first-order valence-corrected chi connectivity index (χ1v) is 10.1. The molecule has 5 heteroatoms. The summed E-state index contributed by atoms with van der Waals surface area (Å²) in [5, 5.41) is 0. The Morgan fingerprint density at radius 1 is 1.00 bits per heavy atom. The molecule has 2 heterocycles. The van der Waals surface area contributed by atoms with Gasteiger partial charge in [-0.2, -0.15) is 0 Å². The smallest absolute Gasteiger partial charge is 0.226 e. The van der Waals surface area contributed by atoms with Gasteiger partial charge in [0, 0.05) is 38.3 Å². The standard InChI is InChI=1S/C23H28N2O3/c1-27-21-10-4-5-11-22(21)28-19-16-24(17-19)15-13-18-8-2-3-9-20(18)25-14-7-6-12-23(25)26/h2-5,8-11,19H,6-7,12-17H2,1H3. The van der Waals surface area contributed by atoms with Gasteiger partial charge in [0.1, 0.15) is 6.10 Å². The summed E-state index contributed by atoms with van der Waals surface area (Å²) in [6.45, 7) is 3.66. The molecule has 28 heavy (non-hydrogen) atoms. The van der Waals surface area contributed by atoms with Crippen molar-refractivity contribution >= 4 is 11.6 Å². The molecule has 148 valence electrons. The minimum atomic E-state index is 0.204. The molecule has 2 aliphatic heterocycles. The van der Waals surface area contributed by atoms with Gasteiger partial charge in [-0.15, -0.1) is 0 Å². The second-order valence-corrected chi connectivity index (χ2v) is 7.53. The normalized spacial score (nSPS) is 18.0. The van der Waals surface area contributed by atoms with E-state index < -0.39 is 0 Å². The quantitative estimate of drug-likeness (QED) is 0.737. The van der Waals surface area contributed by atoms with Crippen LogP contribution in [0.2, 0.25) is 0 Å². The van der Waals surface area contributed by atoms with Crippen molar-refractivity contribution in [1.82, 2.24) is 4.90 Å². The number of methoxy groups -OCH3 is 1. The molecule has 0 unspecified atom stereocenters. The molecule has 0 atom stereocenters. The molecule has 0 N–H and O–H groups in total. The highest BCUT2D eigenvalue weighted by Gasteiger charge is 2.29. The maximum absolute atomic E-state index is 12.3. The largest absolute Gasteiger partial charge is 0.493 e. The number of hydrogen-bond acceptors (Lipinski definition) is 4. The fourth-order valence-corrected chi connectivity index (χ4v) is 4.00. The minimum Gasteiger partial charge on any atom is -0.493 e. The van der Waals surface area contributed by atoms with Gasteiger partial charge >= 0.3 is 0 Å². The van der Waals surface area contributed by atoms with Crippen LogP contribution in [-0.2, 0) is 11.2 Å². The maximum Gasteiger partial charge on any atom is 0.226 e. The first-order chi connectivity index (χ1) is 13.7. The molecule has 2 saturated heterocycles. The summed E-state index contributed by atoms with van der Waals surface area (Å²) in [6.07, 6.45) is 3.92. The fourth-order valence-electron chi connectivity index (χ4n) is 4.00. The van der Waals surface area contributed by atoms with Crippen LogP contribution in [-0.4, -0.2) is 50.2 Å². The highest BCUT2D eigenvalue weighted by Crippen LogP contribution is 2.29. The number of ether oxygens (including phenoxy) is 2. The van der Waals surface area contributed by atoms with Crippen LogP contribution in [0.3, 0.4) is 0 Å². The Balaban J connectivity index is 1.30. The van der Waals surface area contributed by atoms with Crippen molar-refractivity contribution in [3.8, 4) is 11.5 Å². The maximum atomic E-state index is 12.3. The molecule has 5 nitrogen and oxygen atoms in total. The summed E-state index contributed by atoms with van der Waals surface area (Å²) in [5.74, 6) is 1.85. The average molecular weight is 380 g/mol. The van der Waals surface area contributed by atoms with Crippen molar-refractivity contribution in [2.24, 2.45) is 0 Å². The van der Waals surface area contributed by atoms with E-state index in [1.165, 1.54) is 5.56 Å². The van der Waals surface area contributed by atoms with E-state index in [2.05, 4.69) is 23.1 Å². The van der Waals surface area contributed by atoms with Gasteiger partial charge < -0.3 is 14.4 Å². The van der Waals surface area contributed by atoms with Crippen molar-refractivity contribution in [2.45, 2.75) is 31.8 Å². The highest BCUT2D eigenvalue weighted by molar-refractivity contribution is 5.94. The molecule has 0 aromatic heterocycles. The van der Waals surface area contributed by atoms with E-state index in [-0.39, 0.29) is 12.0 Å². The fraction of sp³-hybridized carbons (Fsp3) is 0.435. The monoisotopic (exact) mass is 380 g/mol. The molecule has 2 aromatic rings. The number of hydrogen-bond donors (Lipinski definition) is 0. The number of carbonyl (C=O) groups is 1. The Bertz CT molecular complexity index is 817. The summed E-state index contributed by atoms with van der Waals surface area (Å²) >= 11 is 0. The van der Waals surface area contributed by atoms with Crippen LogP contribution >= 0.6 is 0 Å². The van der Waals surface area contributed by atoms with E-state index in [1.54, 1.807) is 7.11 Å². The summed E-state index contributed by atoms with van der Waals surface area (Å²) < 4.78 is 11.4. The lowest BCUT2D eigenvalue weighted by Crippen LogP contribution is -2.54. The zero-order valence-electron chi connectivity index (χ0n) is 16.5. The Kier molecular flexibility index (Phi) is 5.81. The van der Waals surface area contributed by atoms with Crippen LogP contribution < -0.4 is 14.4 Å². The van der Waals surface area contributed by atoms with Crippen LogP contribution in [0.5, 0.6) is 11.5 Å². The second-order valence-electron chi connectivity index (χ2n) is 7.53. The van der Waals surface area contributed by atoms with Gasteiger partial charge in [0.15, 0.2) is 11.5 Å². The average Bonchev–Trinajstić information content (AvgIpc) is 2.70. The molecular formula is C23H28N2O3. The number of carbonyl (C=O) groups excluding carboxylic acids is 1. The predicted molar refractivity (Wildman–Crippen MR) is 110 cm³/mol. The first-order valence-electron chi connectivity index (χ1n) is 10.1. The number of para-hydroxylation sites is 3. The highest BCUT2D eigenvalue weighted by atomic mass is 16.5. The van der Waals surface area contributed by atoms with E-state index in [9.17, 15) is 4.79 Å². The Morgan fingerprint density at radius 2 is 1.75 bits per heavy atom. The molecule has 0 aliphatic carbocycles. The minimum absolute atomic E-state index is 0.204. The van der Waals surface area contributed by atoms with Crippen molar-refractivity contribution in [3.05, 3.63) is 54.1 Å². The van der Waals surface area contributed by atoms with Crippen molar-refractivity contribution in [3.63, 3.8) is 0 Å². The summed E-state index contributed by atoms with van der Waals surface area (Å²) in [4.78, 5) is 16.7. The number of likely N-dealkylation sites (tertiary alicyclic amines) is 1. The third-order valence-electron chi connectivity index (χ3n) is 5.59. The zero-order chi connectivity index (χ0) is 19.3. The number of anilines is 1. The Morgan fingerprint density at radius 3 is 2.54 bits per heavy atom. The summed E-state index contributed by atoms with van der Waals surface area (Å²) in [6, 6.07) is 16.1. The van der Waals surface area contributed by atoms with Crippen molar-refractivity contribution in [1.29, 1.82) is 0 Å². The summed E-state index contributed by atoms with van der Waals surface area (Å²) in [5.41, 5.74) is 2.35. The third kappa shape index (κ3) is 4.14. The van der Waals surface area contributed by atoms with Crippen LogP contribution in [0.25, 0.3) is 0 Å². The van der Waals surface area contributed by atoms with E-state index in [0.717, 1.165) is 62.6 Å². The predicted octanol–water partition coefficient (Wildman–Crippen LogP) is 3.52. The topological polar surface area (TPSA) is 42.0 Å². The molecule has 2 aromatic carbocycles. The van der Waals surface area contributed by atoms with Gasteiger partial charge in [0.05, 0.1) is 7.11 Å². The number of nitrogens with zero attached hydrogens (tertiary/aromatic N) is 2. The van der Waals surface area contributed by atoms with Crippen molar-refractivity contribution < 1.29 is 14.3 Å². The number of piperidine rings is 1. The van der Waals surface area contributed by atoms with Gasteiger partial charge in [-0.1, -0.05) is 30.3 Å². The van der Waals surface area contributed by atoms with E-state index in [4.69, 9.17) is 9.47 Å². The van der Waals surface area contributed by atoms with E-state index in [0.29, 0.717) is 6.42 Å². The molecule has 0 bridgehead atoms. The Hall–Kier alpha value is -2.53. The first kappa shape index (κ1) is 18.8. The number of rotatable bonds is 7. The molecule has 0 spiro atoms. The van der Waals surface area contributed by atoms with Gasteiger partial charge in [0.25, 0.3) is 0 Å². The molecule has 0 radical (unpaired) electrons. The van der Waals surface area contributed by atoms with Crippen LogP contribution in [0, 0.1) is 0 Å². The third-order valence-corrected chi connectivity index (χ3v) is 5.59. The van der Waals surface area contributed by atoms with Crippen LogP contribution in [0.4, 0.5) is 5.69 Å².